The van der Waals surface area contributed by atoms with Gasteiger partial charge in [0, 0.05) is 30.7 Å². The number of rotatable bonds is 2. The number of fused-ring (bicyclic) bond motifs is 1. The van der Waals surface area contributed by atoms with Crippen molar-refractivity contribution in [3.05, 3.63) is 47.3 Å². The molecule has 1 amide bonds. The zero-order chi connectivity index (χ0) is 19.3. The maximum Gasteiger partial charge on any atom is 0.257 e. The van der Waals surface area contributed by atoms with Crippen molar-refractivity contribution in [2.75, 3.05) is 13.1 Å². The SMILES string of the molecule is Cc1ccc(-n2cc(C(=O)N3CC4CCC(N)C4C3)c(C(C)(C)C)n2)cc1.Cl. The van der Waals surface area contributed by atoms with E-state index in [1.54, 1.807) is 0 Å². The van der Waals surface area contributed by atoms with Gasteiger partial charge in [0.15, 0.2) is 0 Å². The van der Waals surface area contributed by atoms with Gasteiger partial charge in [-0.3, -0.25) is 4.79 Å². The summed E-state index contributed by atoms with van der Waals surface area (Å²) in [7, 11) is 0. The van der Waals surface area contributed by atoms with Crippen molar-refractivity contribution in [2.24, 2.45) is 17.6 Å². The van der Waals surface area contributed by atoms with Crippen LogP contribution in [0.5, 0.6) is 0 Å². The Morgan fingerprint density at radius 3 is 2.43 bits per heavy atom. The first-order valence-corrected chi connectivity index (χ1v) is 9.96. The molecule has 1 aromatic carbocycles. The fourth-order valence-corrected chi connectivity index (χ4v) is 4.56. The Morgan fingerprint density at radius 1 is 1.14 bits per heavy atom. The van der Waals surface area contributed by atoms with Crippen LogP contribution in [0.3, 0.4) is 0 Å². The summed E-state index contributed by atoms with van der Waals surface area (Å²) in [5, 5.41) is 4.81. The van der Waals surface area contributed by atoms with Crippen LogP contribution < -0.4 is 5.73 Å². The van der Waals surface area contributed by atoms with Crippen LogP contribution in [0.2, 0.25) is 0 Å². The second-order valence-electron chi connectivity index (χ2n) is 9.30. The molecule has 0 radical (unpaired) electrons. The third-order valence-electron chi connectivity index (χ3n) is 6.15. The summed E-state index contributed by atoms with van der Waals surface area (Å²) in [6.45, 7) is 10.0. The van der Waals surface area contributed by atoms with Gasteiger partial charge < -0.3 is 10.6 Å². The van der Waals surface area contributed by atoms with Crippen molar-refractivity contribution in [3.8, 4) is 5.69 Å². The third-order valence-corrected chi connectivity index (χ3v) is 6.15. The number of hydrogen-bond acceptors (Lipinski definition) is 3. The molecule has 2 fully saturated rings. The molecule has 5 nitrogen and oxygen atoms in total. The largest absolute Gasteiger partial charge is 0.338 e. The molecule has 1 saturated carbocycles. The smallest absolute Gasteiger partial charge is 0.257 e. The number of halogens is 1. The molecular formula is C22H31ClN4O. The van der Waals surface area contributed by atoms with Crippen LogP contribution in [0.15, 0.2) is 30.5 Å². The summed E-state index contributed by atoms with van der Waals surface area (Å²) >= 11 is 0. The number of aryl methyl sites for hydroxylation is 1. The quantitative estimate of drug-likeness (QED) is 0.832. The number of carbonyl (C=O) groups is 1. The van der Waals surface area contributed by atoms with Crippen molar-refractivity contribution in [1.82, 2.24) is 14.7 Å². The first-order chi connectivity index (χ1) is 12.7. The molecule has 2 aromatic rings. The molecule has 0 bridgehead atoms. The van der Waals surface area contributed by atoms with Gasteiger partial charge in [-0.05, 0) is 43.7 Å². The fourth-order valence-electron chi connectivity index (χ4n) is 4.56. The van der Waals surface area contributed by atoms with Crippen molar-refractivity contribution < 1.29 is 4.79 Å². The molecule has 0 spiro atoms. The van der Waals surface area contributed by atoms with Crippen molar-refractivity contribution in [3.63, 3.8) is 0 Å². The first-order valence-electron chi connectivity index (χ1n) is 9.96. The van der Waals surface area contributed by atoms with Gasteiger partial charge in [0.05, 0.1) is 16.9 Å². The number of aromatic nitrogens is 2. The predicted molar refractivity (Wildman–Crippen MR) is 114 cm³/mol. The van der Waals surface area contributed by atoms with Crippen LogP contribution in [0, 0.1) is 18.8 Å². The second-order valence-corrected chi connectivity index (χ2v) is 9.30. The summed E-state index contributed by atoms with van der Waals surface area (Å²) in [4.78, 5) is 15.4. The number of hydrogen-bond donors (Lipinski definition) is 1. The van der Waals surface area contributed by atoms with Gasteiger partial charge in [-0.2, -0.15) is 5.10 Å². The minimum absolute atomic E-state index is 0. The number of nitrogens with zero attached hydrogens (tertiary/aromatic N) is 3. The molecule has 3 unspecified atom stereocenters. The van der Waals surface area contributed by atoms with Gasteiger partial charge in [0.2, 0.25) is 0 Å². The normalized spacial score (nSPS) is 24.2. The molecular weight excluding hydrogens is 372 g/mol. The summed E-state index contributed by atoms with van der Waals surface area (Å²) in [5.74, 6) is 1.12. The molecule has 1 aliphatic carbocycles. The van der Waals surface area contributed by atoms with Crippen LogP contribution in [-0.4, -0.2) is 39.7 Å². The average Bonchev–Trinajstić information content (AvgIpc) is 3.30. The van der Waals surface area contributed by atoms with Crippen LogP contribution in [0.1, 0.15) is 55.2 Å². The van der Waals surface area contributed by atoms with Gasteiger partial charge in [-0.15, -0.1) is 12.4 Å². The average molecular weight is 403 g/mol. The van der Waals surface area contributed by atoms with E-state index in [1.807, 2.05) is 27.9 Å². The predicted octanol–water partition coefficient (Wildman–Crippen LogP) is 3.71. The summed E-state index contributed by atoms with van der Waals surface area (Å²) in [6, 6.07) is 8.46. The van der Waals surface area contributed by atoms with E-state index < -0.39 is 0 Å². The molecule has 1 aromatic heterocycles. The van der Waals surface area contributed by atoms with Crippen LogP contribution in [-0.2, 0) is 5.41 Å². The molecule has 28 heavy (non-hydrogen) atoms. The molecule has 2 N–H and O–H groups in total. The van der Waals surface area contributed by atoms with Gasteiger partial charge >= 0.3 is 0 Å². The van der Waals surface area contributed by atoms with E-state index in [2.05, 4.69) is 39.8 Å². The minimum atomic E-state index is -0.201. The lowest BCUT2D eigenvalue weighted by Gasteiger charge is -2.21. The van der Waals surface area contributed by atoms with Crippen LogP contribution >= 0.6 is 12.4 Å². The lowest BCUT2D eigenvalue weighted by Crippen LogP contribution is -2.34. The molecule has 3 atom stereocenters. The highest BCUT2D eigenvalue weighted by atomic mass is 35.5. The Hall–Kier alpha value is -1.85. The van der Waals surface area contributed by atoms with E-state index in [0.717, 1.165) is 42.9 Å². The van der Waals surface area contributed by atoms with E-state index in [1.165, 1.54) is 5.56 Å². The first kappa shape index (κ1) is 20.9. The number of nitrogens with two attached hydrogens (primary N) is 1. The summed E-state index contributed by atoms with van der Waals surface area (Å²) < 4.78 is 1.84. The number of amides is 1. The Kier molecular flexibility index (Phi) is 5.61. The number of likely N-dealkylation sites (tertiary alicyclic amines) is 1. The zero-order valence-electron chi connectivity index (χ0n) is 17.2. The topological polar surface area (TPSA) is 64.2 Å². The molecule has 152 valence electrons. The van der Waals surface area contributed by atoms with Gasteiger partial charge in [-0.1, -0.05) is 38.5 Å². The third kappa shape index (κ3) is 3.70. The van der Waals surface area contributed by atoms with E-state index in [0.29, 0.717) is 11.8 Å². The standard InChI is InChI=1S/C22H30N4O.ClH/c1-14-5-8-16(9-6-14)26-13-18(20(24-26)22(2,3)4)21(27)25-11-15-7-10-19(23)17(15)12-25;/h5-6,8-9,13,15,17,19H,7,10-12,23H2,1-4H3;1H. The number of carbonyl (C=O) groups excluding carboxylic acids is 1. The van der Waals surface area contributed by atoms with Crippen LogP contribution in [0.25, 0.3) is 5.69 Å². The molecule has 4 rings (SSSR count). The molecule has 2 heterocycles. The Balaban J connectivity index is 0.00000225. The van der Waals surface area contributed by atoms with Gasteiger partial charge in [-0.25, -0.2) is 4.68 Å². The highest BCUT2D eigenvalue weighted by Crippen LogP contribution is 2.38. The van der Waals surface area contributed by atoms with Crippen molar-refractivity contribution in [2.45, 2.75) is 52.0 Å². The lowest BCUT2D eigenvalue weighted by molar-refractivity contribution is 0.0777. The Bertz CT molecular complexity index is 852. The molecule has 6 heteroatoms. The highest BCUT2D eigenvalue weighted by Gasteiger charge is 2.43. The second kappa shape index (κ2) is 7.53. The Morgan fingerprint density at radius 2 is 1.82 bits per heavy atom. The minimum Gasteiger partial charge on any atom is -0.338 e. The summed E-state index contributed by atoms with van der Waals surface area (Å²) in [5.41, 5.74) is 9.82. The Labute approximate surface area is 173 Å². The van der Waals surface area contributed by atoms with Gasteiger partial charge in [0.1, 0.15) is 0 Å². The molecule has 1 saturated heterocycles. The van der Waals surface area contributed by atoms with Crippen molar-refractivity contribution >= 4 is 18.3 Å². The van der Waals surface area contributed by atoms with E-state index in [-0.39, 0.29) is 29.8 Å². The maximum absolute atomic E-state index is 13.4. The van der Waals surface area contributed by atoms with Crippen LogP contribution in [0.4, 0.5) is 0 Å². The lowest BCUT2D eigenvalue weighted by atomic mass is 9.89. The van der Waals surface area contributed by atoms with E-state index in [4.69, 9.17) is 10.8 Å². The zero-order valence-corrected chi connectivity index (χ0v) is 18.0. The van der Waals surface area contributed by atoms with E-state index >= 15 is 0 Å². The highest BCUT2D eigenvalue weighted by molar-refractivity contribution is 5.95. The maximum atomic E-state index is 13.4. The van der Waals surface area contributed by atoms with Crippen molar-refractivity contribution in [1.29, 1.82) is 0 Å². The summed E-state index contributed by atoms with van der Waals surface area (Å²) in [6.07, 6.45) is 4.14. The van der Waals surface area contributed by atoms with E-state index in [9.17, 15) is 4.79 Å². The number of benzene rings is 1. The molecule has 2 aliphatic rings. The van der Waals surface area contributed by atoms with Gasteiger partial charge in [0.25, 0.3) is 5.91 Å². The fraction of sp³-hybridized carbons (Fsp3) is 0.545. The monoisotopic (exact) mass is 402 g/mol. The molecule has 1 aliphatic heterocycles.